The van der Waals surface area contributed by atoms with Crippen molar-refractivity contribution in [2.45, 2.75) is 60.3 Å². The van der Waals surface area contributed by atoms with Gasteiger partial charge in [0.05, 0.1) is 0 Å². The Morgan fingerprint density at radius 3 is 2.20 bits per heavy atom. The Hall–Kier alpha value is -2.08. The van der Waals surface area contributed by atoms with E-state index in [2.05, 4.69) is 103 Å². The third kappa shape index (κ3) is 4.95. The summed E-state index contributed by atoms with van der Waals surface area (Å²) in [6.07, 6.45) is 5.32. The van der Waals surface area contributed by atoms with E-state index < -0.39 is 0 Å². The van der Waals surface area contributed by atoms with Gasteiger partial charge in [-0.05, 0) is 72.9 Å². The highest BCUT2D eigenvalue weighted by Crippen LogP contribution is 2.27. The van der Waals surface area contributed by atoms with Crippen LogP contribution in [0.2, 0.25) is 0 Å². The van der Waals surface area contributed by atoms with Crippen molar-refractivity contribution in [3.05, 3.63) is 88.0 Å². The lowest BCUT2D eigenvalue weighted by atomic mass is 9.85. The third-order valence-electron chi connectivity index (χ3n) is 4.65. The Labute approximate surface area is 154 Å². The molecule has 0 bridgehead atoms. The summed E-state index contributed by atoms with van der Waals surface area (Å²) < 4.78 is 0. The molecule has 132 valence electrons. The Morgan fingerprint density at radius 1 is 0.960 bits per heavy atom. The van der Waals surface area contributed by atoms with Gasteiger partial charge in [0.1, 0.15) is 0 Å². The molecule has 0 aliphatic carbocycles. The summed E-state index contributed by atoms with van der Waals surface area (Å²) in [5, 5.41) is 0. The average molecular weight is 333 g/mol. The molecule has 0 spiro atoms. The van der Waals surface area contributed by atoms with E-state index in [0.29, 0.717) is 0 Å². The minimum Gasteiger partial charge on any atom is -0.0870 e. The molecule has 0 saturated heterocycles. The van der Waals surface area contributed by atoms with Crippen molar-refractivity contribution in [2.75, 3.05) is 0 Å². The fourth-order valence-corrected chi connectivity index (χ4v) is 3.21. The first-order valence-electron chi connectivity index (χ1n) is 9.22. The number of hydrogen-bond acceptors (Lipinski definition) is 0. The molecule has 2 aromatic carbocycles. The van der Waals surface area contributed by atoms with E-state index in [9.17, 15) is 0 Å². The first-order valence-corrected chi connectivity index (χ1v) is 9.22. The number of benzene rings is 2. The van der Waals surface area contributed by atoms with Gasteiger partial charge in [-0.15, -0.1) is 0 Å². The van der Waals surface area contributed by atoms with Crippen LogP contribution in [0.3, 0.4) is 0 Å². The molecule has 2 aromatic rings. The van der Waals surface area contributed by atoms with Crippen LogP contribution < -0.4 is 0 Å². The van der Waals surface area contributed by atoms with Crippen LogP contribution in [0.25, 0.3) is 5.57 Å². The van der Waals surface area contributed by atoms with Gasteiger partial charge in [0.2, 0.25) is 0 Å². The maximum absolute atomic E-state index is 2.35. The lowest BCUT2D eigenvalue weighted by Gasteiger charge is -2.20. The summed E-state index contributed by atoms with van der Waals surface area (Å²) in [6, 6.07) is 15.9. The molecule has 0 saturated carbocycles. The Kier molecular flexibility index (Phi) is 6.06. The number of rotatable bonds is 4. The summed E-state index contributed by atoms with van der Waals surface area (Å²) in [5.74, 6) is 0. The molecule has 0 radical (unpaired) electrons. The zero-order chi connectivity index (χ0) is 18.6. The second kappa shape index (κ2) is 7.87. The SMILES string of the molecule is C/C=C\C(=C(C)C)c1ccc(Cc2cccc(C(C)(C)C)c2)cc1C. The maximum Gasteiger partial charge on any atom is -0.00256 e. The minimum atomic E-state index is 0.195. The van der Waals surface area contributed by atoms with Crippen LogP contribution in [0.4, 0.5) is 0 Å². The molecule has 0 aliphatic heterocycles. The second-order valence-corrected chi connectivity index (χ2v) is 8.19. The zero-order valence-electron chi connectivity index (χ0n) is 16.9. The molecular weight excluding hydrogens is 300 g/mol. The molecule has 0 heterocycles. The molecular formula is C25H32. The number of allylic oxidation sites excluding steroid dienone is 4. The van der Waals surface area contributed by atoms with Crippen molar-refractivity contribution < 1.29 is 0 Å². The molecule has 25 heavy (non-hydrogen) atoms. The van der Waals surface area contributed by atoms with Crippen molar-refractivity contribution >= 4 is 5.57 Å². The highest BCUT2D eigenvalue weighted by Gasteiger charge is 2.13. The van der Waals surface area contributed by atoms with Crippen LogP contribution in [0.1, 0.15) is 69.4 Å². The average Bonchev–Trinajstić information content (AvgIpc) is 2.52. The van der Waals surface area contributed by atoms with Crippen LogP contribution in [0, 0.1) is 6.92 Å². The van der Waals surface area contributed by atoms with Crippen LogP contribution in [-0.2, 0) is 11.8 Å². The minimum absolute atomic E-state index is 0.195. The smallest absolute Gasteiger partial charge is 0.00256 e. The number of hydrogen-bond donors (Lipinski definition) is 0. The van der Waals surface area contributed by atoms with Gasteiger partial charge in [-0.1, -0.05) is 81.0 Å². The van der Waals surface area contributed by atoms with E-state index in [1.165, 1.54) is 39.0 Å². The summed E-state index contributed by atoms with van der Waals surface area (Å²) in [5.41, 5.74) is 9.73. The topological polar surface area (TPSA) is 0 Å². The molecule has 0 aromatic heterocycles. The standard InChI is InChI=1S/C25H32/c1-8-10-23(18(2)3)24-14-13-21(15-19(24)4)16-20-11-9-12-22(17-20)25(5,6)7/h8-15,17H,16H2,1-7H3/b10-8-. The van der Waals surface area contributed by atoms with Crippen molar-refractivity contribution in [3.8, 4) is 0 Å². The Morgan fingerprint density at radius 2 is 1.64 bits per heavy atom. The van der Waals surface area contributed by atoms with Crippen molar-refractivity contribution in [3.63, 3.8) is 0 Å². The first kappa shape index (κ1) is 19.2. The van der Waals surface area contributed by atoms with Crippen LogP contribution in [-0.4, -0.2) is 0 Å². The summed E-state index contributed by atoms with van der Waals surface area (Å²) in [4.78, 5) is 0. The molecule has 0 unspecified atom stereocenters. The number of aryl methyl sites for hydroxylation is 1. The molecule has 0 nitrogen and oxygen atoms in total. The first-order chi connectivity index (χ1) is 11.7. The van der Waals surface area contributed by atoms with Gasteiger partial charge in [-0.25, -0.2) is 0 Å². The van der Waals surface area contributed by atoms with Gasteiger partial charge in [0, 0.05) is 0 Å². The van der Waals surface area contributed by atoms with Gasteiger partial charge in [-0.3, -0.25) is 0 Å². The lowest BCUT2D eigenvalue weighted by molar-refractivity contribution is 0.589. The van der Waals surface area contributed by atoms with E-state index in [4.69, 9.17) is 0 Å². The second-order valence-electron chi connectivity index (χ2n) is 8.19. The van der Waals surface area contributed by atoms with E-state index in [0.717, 1.165) is 6.42 Å². The zero-order valence-corrected chi connectivity index (χ0v) is 16.9. The fourth-order valence-electron chi connectivity index (χ4n) is 3.21. The van der Waals surface area contributed by atoms with Gasteiger partial charge >= 0.3 is 0 Å². The quantitative estimate of drug-likeness (QED) is 0.517. The van der Waals surface area contributed by atoms with E-state index in [1.807, 2.05) is 0 Å². The molecule has 0 heteroatoms. The maximum atomic E-state index is 2.35. The third-order valence-corrected chi connectivity index (χ3v) is 4.65. The van der Waals surface area contributed by atoms with Gasteiger partial charge in [0.15, 0.2) is 0 Å². The van der Waals surface area contributed by atoms with Gasteiger partial charge in [0.25, 0.3) is 0 Å². The Balaban J connectivity index is 2.32. The van der Waals surface area contributed by atoms with Crippen molar-refractivity contribution in [1.82, 2.24) is 0 Å². The van der Waals surface area contributed by atoms with E-state index >= 15 is 0 Å². The molecule has 0 amide bonds. The van der Waals surface area contributed by atoms with E-state index in [1.54, 1.807) is 0 Å². The summed E-state index contributed by atoms with van der Waals surface area (Å²) >= 11 is 0. The summed E-state index contributed by atoms with van der Waals surface area (Å²) in [6.45, 7) is 15.5. The fraction of sp³-hybridized carbons (Fsp3) is 0.360. The largest absolute Gasteiger partial charge is 0.0870 e. The normalized spacial score (nSPS) is 11.8. The highest BCUT2D eigenvalue weighted by molar-refractivity contribution is 5.78. The molecule has 2 rings (SSSR count). The highest BCUT2D eigenvalue weighted by atomic mass is 14.2. The van der Waals surface area contributed by atoms with Crippen LogP contribution >= 0.6 is 0 Å². The molecule has 0 atom stereocenters. The van der Waals surface area contributed by atoms with Gasteiger partial charge < -0.3 is 0 Å². The lowest BCUT2D eigenvalue weighted by Crippen LogP contribution is -2.11. The predicted octanol–water partition coefficient (Wildman–Crippen LogP) is 7.25. The van der Waals surface area contributed by atoms with Crippen LogP contribution in [0.5, 0.6) is 0 Å². The molecule has 0 fully saturated rings. The monoisotopic (exact) mass is 332 g/mol. The Bertz CT molecular complexity index is 791. The van der Waals surface area contributed by atoms with Crippen molar-refractivity contribution in [2.24, 2.45) is 0 Å². The van der Waals surface area contributed by atoms with Crippen LogP contribution in [0.15, 0.2) is 60.2 Å². The molecule has 0 N–H and O–H groups in total. The predicted molar refractivity (Wildman–Crippen MR) is 112 cm³/mol. The van der Waals surface area contributed by atoms with Crippen molar-refractivity contribution in [1.29, 1.82) is 0 Å². The molecule has 0 aliphatic rings. The van der Waals surface area contributed by atoms with E-state index in [-0.39, 0.29) is 5.41 Å². The summed E-state index contributed by atoms with van der Waals surface area (Å²) in [7, 11) is 0. The van der Waals surface area contributed by atoms with Gasteiger partial charge in [-0.2, -0.15) is 0 Å².